The molecule has 0 bridgehead atoms. The topological polar surface area (TPSA) is 37.3 Å². The van der Waals surface area contributed by atoms with E-state index in [1.165, 1.54) is 0 Å². The fraction of sp³-hybridized carbons (Fsp3) is 0.667. The van der Waals surface area contributed by atoms with E-state index in [4.69, 9.17) is 5.11 Å². The zero-order valence-corrected chi connectivity index (χ0v) is 4.90. The molecular weight excluding hydrogens is 149 g/mol. The molecule has 0 aliphatic heterocycles. The van der Waals surface area contributed by atoms with Crippen molar-refractivity contribution in [2.45, 2.75) is 11.8 Å². The summed E-state index contributed by atoms with van der Waals surface area (Å²) in [5, 5.41) is 7.94. The Hall–Kier alpha value is -0.0500. The summed E-state index contributed by atoms with van der Waals surface area (Å²) in [7, 11) is 0. The fourth-order valence-corrected chi connectivity index (χ4v) is 0. The average Bonchev–Trinajstić information content (AvgIpc) is 1.36. The zero-order valence-electron chi connectivity index (χ0n) is 3.31. The van der Waals surface area contributed by atoms with Gasteiger partial charge in [0.1, 0.15) is 4.83 Å². The molecule has 0 fully saturated rings. The zero-order chi connectivity index (χ0) is 5.15. The van der Waals surface area contributed by atoms with Gasteiger partial charge in [-0.15, -0.1) is 0 Å². The van der Waals surface area contributed by atoms with Crippen LogP contribution in [0.3, 0.4) is 0 Å². The van der Waals surface area contributed by atoms with Crippen LogP contribution in [0.5, 0.6) is 0 Å². The largest absolute Gasteiger partial charge is 0.480 e. The van der Waals surface area contributed by atoms with Crippen molar-refractivity contribution in [3.05, 3.63) is 0 Å². The summed E-state index contributed by atoms with van der Waals surface area (Å²) in [6.07, 6.45) is 0. The van der Waals surface area contributed by atoms with Gasteiger partial charge in [-0.3, -0.25) is 4.79 Å². The van der Waals surface area contributed by atoms with Crippen LogP contribution in [0, 0.1) is 0 Å². The van der Waals surface area contributed by atoms with Gasteiger partial charge in [0.2, 0.25) is 0 Å². The first-order valence-corrected chi connectivity index (χ1v) is 2.43. The Bertz CT molecular complexity index is 59.8. The number of rotatable bonds is 1. The van der Waals surface area contributed by atoms with Crippen LogP contribution in [0.15, 0.2) is 0 Å². The highest BCUT2D eigenvalue weighted by Crippen LogP contribution is 1.93. The lowest BCUT2D eigenvalue weighted by atomic mass is 10.7. The van der Waals surface area contributed by atoms with E-state index in [9.17, 15) is 4.79 Å². The molecule has 0 radical (unpaired) electrons. The Morgan fingerprint density at radius 1 is 2.00 bits per heavy atom. The highest BCUT2D eigenvalue weighted by atomic mass is 79.9. The first kappa shape index (κ1) is 5.95. The number of alkyl halides is 1. The quantitative estimate of drug-likeness (QED) is 0.449. The summed E-state index contributed by atoms with van der Waals surface area (Å²) in [5.41, 5.74) is 0. The lowest BCUT2D eigenvalue weighted by Gasteiger charge is -1.87. The molecule has 0 saturated carbocycles. The van der Waals surface area contributed by atoms with Gasteiger partial charge in [-0.2, -0.15) is 0 Å². The minimum absolute atomic E-state index is 0.419. The molecular formula is C3H5BrO2. The number of halogens is 1. The molecule has 0 aromatic heterocycles. The monoisotopic (exact) mass is 153 g/mol. The number of carboxylic acids is 1. The van der Waals surface area contributed by atoms with E-state index in [0.29, 0.717) is 0 Å². The molecule has 0 aliphatic rings. The Morgan fingerprint density at radius 2 is 2.17 bits per heavy atom. The normalized spacial score (nSPS) is 13.7. The Balaban J connectivity index is 3.26. The lowest BCUT2D eigenvalue weighted by molar-refractivity contribution is -0.135. The summed E-state index contributed by atoms with van der Waals surface area (Å²) in [6, 6.07) is 0. The molecule has 1 N–H and O–H groups in total. The maximum Gasteiger partial charge on any atom is 0.316 e. The predicted octanol–water partition coefficient (Wildman–Crippen LogP) is 0.854. The van der Waals surface area contributed by atoms with Crippen LogP contribution in [-0.2, 0) is 4.79 Å². The van der Waals surface area contributed by atoms with E-state index in [0.717, 1.165) is 0 Å². The third-order valence-electron chi connectivity index (χ3n) is 0.340. The Morgan fingerprint density at radius 3 is 2.17 bits per heavy atom. The van der Waals surface area contributed by atoms with Gasteiger partial charge in [-0.1, -0.05) is 15.9 Å². The van der Waals surface area contributed by atoms with Crippen molar-refractivity contribution in [3.8, 4) is 0 Å². The molecule has 0 rings (SSSR count). The van der Waals surface area contributed by atoms with Crippen molar-refractivity contribution in [1.82, 2.24) is 0 Å². The van der Waals surface area contributed by atoms with Gasteiger partial charge in [0.05, 0.1) is 0 Å². The predicted molar refractivity (Wildman–Crippen MR) is 26.0 cm³/mol. The van der Waals surface area contributed by atoms with Crippen molar-refractivity contribution in [2.24, 2.45) is 0 Å². The Labute approximate surface area is 44.3 Å². The molecule has 0 aromatic carbocycles. The molecule has 0 aromatic rings. The molecule has 6 heavy (non-hydrogen) atoms. The van der Waals surface area contributed by atoms with E-state index in [-0.39, 0.29) is 0 Å². The SMILES string of the molecule is C[C@H](Br)[13C](=O)O. The van der Waals surface area contributed by atoms with Gasteiger partial charge in [0, 0.05) is 0 Å². The molecule has 0 spiro atoms. The van der Waals surface area contributed by atoms with Crippen molar-refractivity contribution >= 4 is 21.9 Å². The maximum atomic E-state index is 9.65. The van der Waals surface area contributed by atoms with Gasteiger partial charge in [0.25, 0.3) is 0 Å². The van der Waals surface area contributed by atoms with Crippen molar-refractivity contribution < 1.29 is 9.90 Å². The summed E-state index contributed by atoms with van der Waals surface area (Å²) in [6.45, 7) is 1.56. The number of carbonyl (C=O) groups is 1. The molecule has 2 nitrogen and oxygen atoms in total. The highest BCUT2D eigenvalue weighted by molar-refractivity contribution is 9.10. The van der Waals surface area contributed by atoms with Crippen molar-refractivity contribution in [3.63, 3.8) is 0 Å². The molecule has 0 saturated heterocycles. The van der Waals surface area contributed by atoms with E-state index < -0.39 is 10.8 Å². The third kappa shape index (κ3) is 2.20. The maximum absolute atomic E-state index is 9.65. The van der Waals surface area contributed by atoms with Gasteiger partial charge in [-0.25, -0.2) is 0 Å². The summed E-state index contributed by atoms with van der Waals surface area (Å²) >= 11 is 2.84. The second-order valence-corrected chi connectivity index (χ2v) is 2.33. The molecule has 0 unspecified atom stereocenters. The van der Waals surface area contributed by atoms with E-state index in [1.807, 2.05) is 0 Å². The number of hydrogen-bond donors (Lipinski definition) is 1. The van der Waals surface area contributed by atoms with Crippen LogP contribution < -0.4 is 0 Å². The van der Waals surface area contributed by atoms with Gasteiger partial charge in [-0.05, 0) is 6.92 Å². The molecule has 3 heteroatoms. The van der Waals surface area contributed by atoms with Gasteiger partial charge in [0.15, 0.2) is 0 Å². The van der Waals surface area contributed by atoms with Crippen molar-refractivity contribution in [1.29, 1.82) is 0 Å². The lowest BCUT2D eigenvalue weighted by Crippen LogP contribution is -2.06. The third-order valence-corrected chi connectivity index (χ3v) is 0.732. The van der Waals surface area contributed by atoms with Crippen LogP contribution in [0.4, 0.5) is 0 Å². The molecule has 1 atom stereocenters. The standard InChI is InChI=1S/C3H5BrO2/c1-2(4)3(5)6/h2H,1H3,(H,5,6)/t2-/m0/s1/i3+1. The van der Waals surface area contributed by atoms with E-state index in [2.05, 4.69) is 15.9 Å². The smallest absolute Gasteiger partial charge is 0.316 e. The number of aliphatic carboxylic acids is 1. The van der Waals surface area contributed by atoms with Crippen LogP contribution >= 0.6 is 15.9 Å². The van der Waals surface area contributed by atoms with Crippen molar-refractivity contribution in [2.75, 3.05) is 0 Å². The molecule has 36 valence electrons. The van der Waals surface area contributed by atoms with Crippen LogP contribution in [-0.4, -0.2) is 15.9 Å². The second-order valence-electron chi connectivity index (χ2n) is 0.954. The second kappa shape index (κ2) is 2.18. The Kier molecular flexibility index (Phi) is 2.16. The summed E-state index contributed by atoms with van der Waals surface area (Å²) in [5.74, 6) is -0.824. The fourth-order valence-electron chi connectivity index (χ4n) is 0. The van der Waals surface area contributed by atoms with E-state index >= 15 is 0 Å². The minimum Gasteiger partial charge on any atom is -0.480 e. The summed E-state index contributed by atoms with van der Waals surface area (Å²) in [4.78, 5) is 9.23. The van der Waals surface area contributed by atoms with Gasteiger partial charge >= 0.3 is 5.97 Å². The van der Waals surface area contributed by atoms with Crippen LogP contribution in [0.25, 0.3) is 0 Å². The average molecular weight is 154 g/mol. The van der Waals surface area contributed by atoms with Crippen LogP contribution in [0.1, 0.15) is 6.92 Å². The number of hydrogen-bond acceptors (Lipinski definition) is 1. The first-order chi connectivity index (χ1) is 2.64. The molecule has 0 heterocycles. The highest BCUT2D eigenvalue weighted by Gasteiger charge is 2.01. The number of carboxylic acid groups (broad SMARTS) is 1. The molecule has 0 amide bonds. The van der Waals surface area contributed by atoms with Gasteiger partial charge < -0.3 is 5.11 Å². The van der Waals surface area contributed by atoms with Crippen LogP contribution in [0.2, 0.25) is 0 Å². The molecule has 0 aliphatic carbocycles. The first-order valence-electron chi connectivity index (χ1n) is 1.51. The van der Waals surface area contributed by atoms with E-state index in [1.54, 1.807) is 6.92 Å². The minimum atomic E-state index is -0.824. The summed E-state index contributed by atoms with van der Waals surface area (Å²) < 4.78 is 0.